The smallest absolute Gasteiger partial charge is 0.237 e. The van der Waals surface area contributed by atoms with E-state index in [0.717, 1.165) is 23.6 Å². The van der Waals surface area contributed by atoms with Crippen LogP contribution >= 0.6 is 11.6 Å². The maximum atomic E-state index is 13.4. The highest BCUT2D eigenvalue weighted by Gasteiger charge is 2.36. The molecular weight excluding hydrogens is 408 g/mol. The number of fused-ring (bicyclic) bond motifs is 1. The first-order chi connectivity index (χ1) is 15.2. The fourth-order valence-electron chi connectivity index (χ4n) is 5.30. The maximum Gasteiger partial charge on any atom is 0.237 e. The summed E-state index contributed by atoms with van der Waals surface area (Å²) >= 11 is 6.26. The molecule has 1 fully saturated rings. The van der Waals surface area contributed by atoms with Crippen LogP contribution < -0.4 is 5.32 Å². The van der Waals surface area contributed by atoms with Crippen molar-refractivity contribution in [2.75, 3.05) is 19.7 Å². The van der Waals surface area contributed by atoms with E-state index in [4.69, 9.17) is 11.6 Å². The summed E-state index contributed by atoms with van der Waals surface area (Å²) in [6, 6.07) is 16.3. The lowest BCUT2D eigenvalue weighted by atomic mass is 9.77. The van der Waals surface area contributed by atoms with Crippen LogP contribution in [0.2, 0.25) is 5.02 Å². The minimum atomic E-state index is -0.129. The number of nitrogens with zero attached hydrogens (tertiary/aromatic N) is 1. The van der Waals surface area contributed by atoms with Gasteiger partial charge in [0.1, 0.15) is 0 Å². The molecule has 1 heterocycles. The zero-order valence-corrected chi connectivity index (χ0v) is 18.9. The van der Waals surface area contributed by atoms with E-state index in [1.54, 1.807) is 0 Å². The first-order valence-corrected chi connectivity index (χ1v) is 12.0. The summed E-state index contributed by atoms with van der Waals surface area (Å²) in [5.41, 5.74) is 3.72. The molecule has 2 aromatic rings. The van der Waals surface area contributed by atoms with Gasteiger partial charge in [-0.05, 0) is 60.4 Å². The number of carbonyl (C=O) groups is 1. The third kappa shape index (κ3) is 5.49. The lowest BCUT2D eigenvalue weighted by Gasteiger charge is -2.43. The molecule has 1 aliphatic carbocycles. The highest BCUT2D eigenvalue weighted by molar-refractivity contribution is 6.30. The largest absolute Gasteiger partial charge is 0.395 e. The Morgan fingerprint density at radius 3 is 2.65 bits per heavy atom. The fourth-order valence-corrected chi connectivity index (χ4v) is 5.49. The molecule has 166 valence electrons. The van der Waals surface area contributed by atoms with Crippen molar-refractivity contribution in [1.29, 1.82) is 0 Å². The zero-order chi connectivity index (χ0) is 21.6. The molecule has 2 N–H and O–H groups in total. The van der Waals surface area contributed by atoms with E-state index in [0.29, 0.717) is 12.3 Å². The van der Waals surface area contributed by atoms with E-state index in [9.17, 15) is 9.90 Å². The molecule has 5 heteroatoms. The number of hydrogen-bond acceptors (Lipinski definition) is 3. The van der Waals surface area contributed by atoms with Crippen LogP contribution in [0.15, 0.2) is 48.5 Å². The minimum Gasteiger partial charge on any atom is -0.395 e. The van der Waals surface area contributed by atoms with Crippen molar-refractivity contribution in [2.45, 2.75) is 57.0 Å². The Morgan fingerprint density at radius 1 is 1.13 bits per heavy atom. The Kier molecular flexibility index (Phi) is 7.65. The van der Waals surface area contributed by atoms with Crippen LogP contribution in [-0.4, -0.2) is 41.7 Å². The minimum absolute atomic E-state index is 0.00948. The van der Waals surface area contributed by atoms with Crippen LogP contribution in [0.4, 0.5) is 0 Å². The van der Waals surface area contributed by atoms with Gasteiger partial charge >= 0.3 is 0 Å². The average Bonchev–Trinajstić information content (AvgIpc) is 2.81. The van der Waals surface area contributed by atoms with Gasteiger partial charge < -0.3 is 15.3 Å². The molecule has 2 atom stereocenters. The normalized spacial score (nSPS) is 20.3. The molecule has 0 saturated heterocycles. The number of halogens is 1. The van der Waals surface area contributed by atoms with Crippen LogP contribution in [0.3, 0.4) is 0 Å². The summed E-state index contributed by atoms with van der Waals surface area (Å²) in [4.78, 5) is 15.4. The molecule has 1 amide bonds. The molecule has 2 aliphatic rings. The first-order valence-electron chi connectivity index (χ1n) is 11.6. The van der Waals surface area contributed by atoms with Gasteiger partial charge in [-0.2, -0.15) is 0 Å². The zero-order valence-electron chi connectivity index (χ0n) is 18.1. The lowest BCUT2D eigenvalue weighted by molar-refractivity contribution is -0.135. The molecule has 0 bridgehead atoms. The van der Waals surface area contributed by atoms with Gasteiger partial charge in [0.2, 0.25) is 5.91 Å². The van der Waals surface area contributed by atoms with Gasteiger partial charge in [0, 0.05) is 17.6 Å². The molecule has 2 aromatic carbocycles. The van der Waals surface area contributed by atoms with E-state index in [1.165, 1.54) is 43.2 Å². The number of aliphatic hydroxyl groups excluding tert-OH is 1. The Balaban J connectivity index is 1.47. The quantitative estimate of drug-likeness (QED) is 0.664. The number of benzene rings is 2. The van der Waals surface area contributed by atoms with E-state index in [1.807, 2.05) is 24.3 Å². The van der Waals surface area contributed by atoms with Crippen molar-refractivity contribution in [3.63, 3.8) is 0 Å². The van der Waals surface area contributed by atoms with E-state index in [-0.39, 0.29) is 31.1 Å². The van der Waals surface area contributed by atoms with Crippen molar-refractivity contribution in [2.24, 2.45) is 5.92 Å². The molecule has 4 rings (SSSR count). The van der Waals surface area contributed by atoms with Gasteiger partial charge in [0.05, 0.1) is 19.2 Å². The predicted octanol–water partition coefficient (Wildman–Crippen LogP) is 4.54. The monoisotopic (exact) mass is 440 g/mol. The second-order valence-corrected chi connectivity index (χ2v) is 9.41. The molecule has 4 nitrogen and oxygen atoms in total. The number of rotatable bonds is 7. The van der Waals surface area contributed by atoms with Crippen molar-refractivity contribution in [1.82, 2.24) is 10.2 Å². The van der Waals surface area contributed by atoms with Crippen molar-refractivity contribution >= 4 is 17.5 Å². The van der Waals surface area contributed by atoms with Crippen LogP contribution in [0.1, 0.15) is 54.8 Å². The Morgan fingerprint density at radius 2 is 1.90 bits per heavy atom. The second kappa shape index (κ2) is 10.6. The maximum absolute atomic E-state index is 13.4. The molecule has 31 heavy (non-hydrogen) atoms. The number of carbonyl (C=O) groups excluding carboxylic acids is 1. The van der Waals surface area contributed by atoms with Gasteiger partial charge in [0.15, 0.2) is 0 Å². The van der Waals surface area contributed by atoms with Crippen LogP contribution in [0.5, 0.6) is 0 Å². The lowest BCUT2D eigenvalue weighted by Crippen LogP contribution is -2.49. The van der Waals surface area contributed by atoms with Crippen LogP contribution in [0.25, 0.3) is 0 Å². The summed E-state index contributed by atoms with van der Waals surface area (Å²) < 4.78 is 0. The van der Waals surface area contributed by atoms with Crippen LogP contribution in [0, 0.1) is 5.92 Å². The van der Waals surface area contributed by atoms with Gasteiger partial charge in [0.25, 0.3) is 0 Å². The highest BCUT2D eigenvalue weighted by Crippen LogP contribution is 2.42. The summed E-state index contributed by atoms with van der Waals surface area (Å²) in [5.74, 6) is 0.638. The second-order valence-electron chi connectivity index (χ2n) is 8.97. The number of hydrogen-bond donors (Lipinski definition) is 2. The third-order valence-electron chi connectivity index (χ3n) is 6.89. The average molecular weight is 441 g/mol. The molecule has 0 radical (unpaired) electrons. The molecule has 1 unspecified atom stereocenters. The number of aliphatic hydroxyl groups is 1. The molecule has 1 aliphatic heterocycles. The van der Waals surface area contributed by atoms with Gasteiger partial charge in [-0.1, -0.05) is 67.3 Å². The summed E-state index contributed by atoms with van der Waals surface area (Å²) in [6.45, 7) is 0.997. The summed E-state index contributed by atoms with van der Waals surface area (Å²) in [5, 5.41) is 13.9. The summed E-state index contributed by atoms with van der Waals surface area (Å²) in [6.07, 6.45) is 7.69. The van der Waals surface area contributed by atoms with Gasteiger partial charge in [-0.3, -0.25) is 4.79 Å². The molecule has 0 aromatic heterocycles. The predicted molar refractivity (Wildman–Crippen MR) is 125 cm³/mol. The van der Waals surface area contributed by atoms with Crippen LogP contribution in [-0.2, 0) is 17.6 Å². The van der Waals surface area contributed by atoms with Gasteiger partial charge in [-0.25, -0.2) is 0 Å². The SMILES string of the molecule is O=C(CN[C@H](CO)Cc1ccccc1)N1CCc2cc(Cl)ccc2C1C1CCCCC1. The first kappa shape index (κ1) is 22.3. The number of nitrogens with one attached hydrogen (secondary N) is 1. The van der Waals surface area contributed by atoms with E-state index in [2.05, 4.69) is 34.5 Å². The molecule has 1 saturated carbocycles. The third-order valence-corrected chi connectivity index (χ3v) is 7.12. The Hall–Kier alpha value is -1.88. The summed E-state index contributed by atoms with van der Waals surface area (Å²) in [7, 11) is 0. The van der Waals surface area contributed by atoms with Gasteiger partial charge in [-0.15, -0.1) is 0 Å². The standard InChI is InChI=1S/C26H33ClN2O2/c27-22-11-12-24-21(16-22)13-14-29(26(24)20-9-5-2-6-10-20)25(31)17-28-23(18-30)15-19-7-3-1-4-8-19/h1,3-4,7-8,11-12,16,20,23,26,28,30H,2,5-6,9-10,13-15,17-18H2/t23-,26?/m0/s1. The fraction of sp³-hybridized carbons (Fsp3) is 0.500. The topological polar surface area (TPSA) is 52.6 Å². The van der Waals surface area contributed by atoms with E-state index >= 15 is 0 Å². The highest BCUT2D eigenvalue weighted by atomic mass is 35.5. The Bertz CT molecular complexity index is 867. The van der Waals surface area contributed by atoms with Crippen molar-refractivity contribution < 1.29 is 9.90 Å². The van der Waals surface area contributed by atoms with Crippen molar-refractivity contribution in [3.05, 3.63) is 70.2 Å². The number of amides is 1. The molecule has 0 spiro atoms. The Labute approximate surface area is 190 Å². The molecular formula is C26H33ClN2O2. The van der Waals surface area contributed by atoms with Crippen molar-refractivity contribution in [3.8, 4) is 0 Å². The van der Waals surface area contributed by atoms with E-state index < -0.39 is 0 Å².